The number of benzene rings is 1. The van der Waals surface area contributed by atoms with Crippen LogP contribution < -0.4 is 15.2 Å². The van der Waals surface area contributed by atoms with Crippen LogP contribution in [0.2, 0.25) is 0 Å². The Morgan fingerprint density at radius 2 is 1.93 bits per heavy atom. The number of rotatable bonds is 4. The van der Waals surface area contributed by atoms with Crippen LogP contribution >= 0.6 is 0 Å². The van der Waals surface area contributed by atoms with Gasteiger partial charge in [-0.1, -0.05) is 45.9 Å². The van der Waals surface area contributed by atoms with E-state index in [4.69, 9.17) is 9.88 Å². The Hall–Kier alpha value is -2.39. The Kier molecular flexibility index (Phi) is 5.76. The van der Waals surface area contributed by atoms with E-state index in [-0.39, 0.29) is 16.7 Å². The molecular weight excluding hydrogens is 378 g/mol. The van der Waals surface area contributed by atoms with E-state index in [9.17, 15) is 9.00 Å². The third kappa shape index (κ3) is 4.05. The van der Waals surface area contributed by atoms with Gasteiger partial charge in [-0.25, -0.2) is 18.8 Å². The van der Waals surface area contributed by atoms with Crippen molar-refractivity contribution in [2.45, 2.75) is 57.4 Å². The molecule has 3 N–H and O–H groups in total. The first-order valence-electron chi connectivity index (χ1n) is 9.38. The van der Waals surface area contributed by atoms with E-state index in [1.165, 1.54) is 6.20 Å². The number of aromatic nitrogens is 2. The normalized spacial score (nSPS) is 15.7. The fraction of sp³-hybridized carbons (Fsp3) is 0.474. The van der Waals surface area contributed by atoms with Crippen molar-refractivity contribution in [3.63, 3.8) is 0 Å². The molecule has 1 atom stereocenters. The molecule has 0 spiro atoms. The molecule has 3 rings (SSSR count). The van der Waals surface area contributed by atoms with Crippen molar-refractivity contribution in [3.05, 3.63) is 35.5 Å². The summed E-state index contributed by atoms with van der Waals surface area (Å²) in [6, 6.07) is 5.15. The summed E-state index contributed by atoms with van der Waals surface area (Å²) in [4.78, 5) is 12.8. The molecule has 152 valence electrons. The lowest BCUT2D eigenvalue weighted by atomic mass is 9.93. The van der Waals surface area contributed by atoms with Gasteiger partial charge in [0.1, 0.15) is 4.90 Å². The number of nitrogens with one attached hydrogen (secondary N) is 1. The highest BCUT2D eigenvalue weighted by Gasteiger charge is 2.24. The minimum atomic E-state index is -3.49. The zero-order valence-electron chi connectivity index (χ0n) is 16.6. The highest BCUT2D eigenvalue weighted by atomic mass is 32.2. The number of hydrogen-bond acceptors (Lipinski definition) is 4. The molecule has 2 amide bonds. The number of carbonyl (C=O) groups is 1. The third-order valence-electron chi connectivity index (χ3n) is 4.65. The second-order valence-corrected chi connectivity index (χ2v) is 9.21. The first kappa shape index (κ1) is 20.3. The number of aryl methyl sites for hydroxylation is 1. The van der Waals surface area contributed by atoms with Crippen molar-refractivity contribution in [2.75, 3.05) is 11.9 Å². The van der Waals surface area contributed by atoms with Crippen molar-refractivity contribution in [2.24, 2.45) is 9.50 Å². The summed E-state index contributed by atoms with van der Waals surface area (Å²) in [6.45, 7) is 9.34. The van der Waals surface area contributed by atoms with Crippen LogP contribution in [-0.4, -0.2) is 26.6 Å². The standard InChI is InChI=1S/C19H27N5O3S/c1-12(2)14-7-5-8-15(13(3)4)17(14)22-19(25)23-28(20,26)16-11-21-24-9-6-10-27-18(16)24/h5,7-8,11-13H,6,9-10H2,1-4H3,(H3,20,22,23,25,26)/t28-/m1/s1. The molecule has 9 heteroatoms. The average molecular weight is 406 g/mol. The fourth-order valence-electron chi connectivity index (χ4n) is 3.24. The minimum absolute atomic E-state index is 0.142. The molecule has 0 unspecified atom stereocenters. The largest absolute Gasteiger partial charge is 0.477 e. The van der Waals surface area contributed by atoms with Gasteiger partial charge in [-0.05, 0) is 23.0 Å². The Morgan fingerprint density at radius 3 is 2.54 bits per heavy atom. The lowest BCUT2D eigenvalue weighted by molar-refractivity contribution is 0.224. The van der Waals surface area contributed by atoms with E-state index >= 15 is 0 Å². The lowest BCUT2D eigenvalue weighted by Gasteiger charge is -2.19. The summed E-state index contributed by atoms with van der Waals surface area (Å²) in [6.07, 6.45) is 2.17. The van der Waals surface area contributed by atoms with E-state index in [0.717, 1.165) is 17.5 Å². The van der Waals surface area contributed by atoms with Gasteiger partial charge >= 0.3 is 6.03 Å². The molecule has 0 bridgehead atoms. The topological polar surface area (TPSA) is 112 Å². The van der Waals surface area contributed by atoms with Gasteiger partial charge in [0.25, 0.3) is 0 Å². The summed E-state index contributed by atoms with van der Waals surface area (Å²) in [5.74, 6) is 0.723. The van der Waals surface area contributed by atoms with Gasteiger partial charge in [0.2, 0.25) is 5.88 Å². The summed E-state index contributed by atoms with van der Waals surface area (Å²) in [5, 5.41) is 12.9. The second kappa shape index (κ2) is 7.92. The molecule has 0 fully saturated rings. The maximum atomic E-state index is 13.0. The van der Waals surface area contributed by atoms with Gasteiger partial charge in [0.05, 0.1) is 12.8 Å². The molecule has 2 aromatic rings. The number of ether oxygens (including phenoxy) is 1. The molecule has 0 radical (unpaired) electrons. The number of nitrogens with zero attached hydrogens (tertiary/aromatic N) is 3. The van der Waals surface area contributed by atoms with Crippen molar-refractivity contribution in [1.82, 2.24) is 9.78 Å². The summed E-state index contributed by atoms with van der Waals surface area (Å²) < 4.78 is 23.9. The number of para-hydroxylation sites is 1. The van der Waals surface area contributed by atoms with Crippen LogP contribution in [0.25, 0.3) is 0 Å². The van der Waals surface area contributed by atoms with Gasteiger partial charge in [0, 0.05) is 18.7 Å². The smallest absolute Gasteiger partial charge is 0.354 e. The van der Waals surface area contributed by atoms with Gasteiger partial charge in [-0.3, -0.25) is 0 Å². The Labute approximate surface area is 165 Å². The highest BCUT2D eigenvalue weighted by Crippen LogP contribution is 2.33. The maximum absolute atomic E-state index is 13.0. The number of nitrogens with two attached hydrogens (primary N) is 1. The second-order valence-electron chi connectivity index (χ2n) is 7.45. The molecular formula is C19H27N5O3S. The van der Waals surface area contributed by atoms with Crippen LogP contribution in [-0.2, 0) is 16.5 Å². The molecule has 28 heavy (non-hydrogen) atoms. The monoisotopic (exact) mass is 405 g/mol. The van der Waals surface area contributed by atoms with Crippen LogP contribution in [0.5, 0.6) is 5.88 Å². The van der Waals surface area contributed by atoms with E-state index in [2.05, 4.69) is 42.5 Å². The van der Waals surface area contributed by atoms with E-state index in [1.54, 1.807) is 4.68 Å². The number of anilines is 1. The number of urea groups is 1. The van der Waals surface area contributed by atoms with Gasteiger partial charge in [-0.15, -0.1) is 4.36 Å². The molecule has 8 nitrogen and oxygen atoms in total. The summed E-state index contributed by atoms with van der Waals surface area (Å²) in [7, 11) is -3.49. The van der Waals surface area contributed by atoms with Crippen LogP contribution in [0.1, 0.15) is 57.1 Å². The van der Waals surface area contributed by atoms with Crippen LogP contribution in [0.3, 0.4) is 0 Å². The molecule has 0 saturated carbocycles. The van der Waals surface area contributed by atoms with Crippen molar-refractivity contribution < 1.29 is 13.7 Å². The van der Waals surface area contributed by atoms with E-state index < -0.39 is 15.9 Å². The predicted octanol–water partition coefficient (Wildman–Crippen LogP) is 3.85. The van der Waals surface area contributed by atoms with Gasteiger partial charge in [-0.2, -0.15) is 5.10 Å². The quantitative estimate of drug-likeness (QED) is 0.804. The van der Waals surface area contributed by atoms with Crippen LogP contribution in [0.15, 0.2) is 33.7 Å². The zero-order chi connectivity index (χ0) is 20.5. The predicted molar refractivity (Wildman–Crippen MR) is 109 cm³/mol. The molecule has 0 saturated heterocycles. The van der Waals surface area contributed by atoms with Gasteiger partial charge < -0.3 is 10.1 Å². The van der Waals surface area contributed by atoms with Crippen molar-refractivity contribution in [3.8, 4) is 5.88 Å². The summed E-state index contributed by atoms with van der Waals surface area (Å²) in [5.41, 5.74) is 2.68. The van der Waals surface area contributed by atoms with Crippen LogP contribution in [0.4, 0.5) is 10.5 Å². The maximum Gasteiger partial charge on any atom is 0.354 e. The number of fused-ring (bicyclic) bond motifs is 1. The minimum Gasteiger partial charge on any atom is -0.477 e. The van der Waals surface area contributed by atoms with Crippen molar-refractivity contribution >= 4 is 21.6 Å². The first-order chi connectivity index (χ1) is 13.2. The van der Waals surface area contributed by atoms with E-state index in [0.29, 0.717) is 24.7 Å². The Bertz CT molecular complexity index is 977. The van der Waals surface area contributed by atoms with Crippen molar-refractivity contribution in [1.29, 1.82) is 0 Å². The zero-order valence-corrected chi connectivity index (χ0v) is 17.5. The molecule has 2 heterocycles. The molecule has 0 aliphatic carbocycles. The average Bonchev–Trinajstić information content (AvgIpc) is 3.06. The van der Waals surface area contributed by atoms with Crippen LogP contribution in [0, 0.1) is 0 Å². The number of carbonyl (C=O) groups excluding carboxylic acids is 1. The molecule has 1 aliphatic heterocycles. The fourth-order valence-corrected chi connectivity index (χ4v) is 4.25. The molecule has 1 aromatic heterocycles. The first-order valence-corrected chi connectivity index (χ1v) is 11.0. The SMILES string of the molecule is CC(C)c1cccc(C(C)C)c1NC(=O)N=[S@@](N)(=O)c1cnn2c1OCCC2. The molecule has 1 aromatic carbocycles. The summed E-state index contributed by atoms with van der Waals surface area (Å²) >= 11 is 0. The number of hydrogen-bond donors (Lipinski definition) is 2. The van der Waals surface area contributed by atoms with E-state index in [1.807, 2.05) is 18.2 Å². The Balaban J connectivity index is 1.96. The van der Waals surface area contributed by atoms with Gasteiger partial charge in [0.15, 0.2) is 9.92 Å². The number of amides is 2. The third-order valence-corrected chi connectivity index (χ3v) is 6.00. The molecule has 1 aliphatic rings. The lowest BCUT2D eigenvalue weighted by Crippen LogP contribution is -2.21. The Morgan fingerprint density at radius 1 is 1.29 bits per heavy atom. The highest BCUT2D eigenvalue weighted by molar-refractivity contribution is 7.91.